The smallest absolute Gasteiger partial charge is 0.410 e. The van der Waals surface area contributed by atoms with Gasteiger partial charge in [0, 0.05) is 31.1 Å². The number of nitrogens with zero attached hydrogens (tertiary/aromatic N) is 2. The van der Waals surface area contributed by atoms with Crippen LogP contribution in [0, 0.1) is 0 Å². The lowest BCUT2D eigenvalue weighted by Gasteiger charge is -2.32. The average Bonchev–Trinajstić information content (AvgIpc) is 2.86. The number of aryl methyl sites for hydroxylation is 1. The molecule has 1 aliphatic heterocycles. The zero-order valence-electron chi connectivity index (χ0n) is 16.2. The van der Waals surface area contributed by atoms with Crippen LogP contribution in [-0.2, 0) is 20.7 Å². The number of carbonyl (C=O) groups excluding carboxylic acids is 2. The molecule has 7 nitrogen and oxygen atoms in total. The molecule has 0 aliphatic carbocycles. The first-order chi connectivity index (χ1) is 13.5. The number of carbonyl (C=O) groups is 3. The van der Waals surface area contributed by atoms with Gasteiger partial charge in [0.25, 0.3) is 0 Å². The van der Waals surface area contributed by atoms with Crippen molar-refractivity contribution in [1.29, 1.82) is 0 Å². The molecule has 0 radical (unpaired) electrons. The van der Waals surface area contributed by atoms with Crippen LogP contribution in [0.5, 0.6) is 0 Å². The number of aliphatic carboxylic acids is 1. The molecule has 0 spiro atoms. The van der Waals surface area contributed by atoms with Crippen molar-refractivity contribution >= 4 is 29.7 Å². The molecule has 0 aromatic heterocycles. The Balaban J connectivity index is 2.07. The van der Waals surface area contributed by atoms with E-state index < -0.39 is 18.1 Å². The number of hydrogen-bond acceptors (Lipinski definition) is 5. The predicted octanol–water partition coefficient (Wildman–Crippen LogP) is 2.50. The summed E-state index contributed by atoms with van der Waals surface area (Å²) in [6.07, 6.45) is 0.922. The third-order valence-electron chi connectivity index (χ3n) is 4.56. The van der Waals surface area contributed by atoms with Gasteiger partial charge in [0.05, 0.1) is 13.0 Å². The Morgan fingerprint density at radius 1 is 1.32 bits per heavy atom. The molecule has 1 aromatic carbocycles. The molecular formula is C20H28N2O5S. The lowest BCUT2D eigenvalue weighted by molar-refractivity contribution is -0.139. The standard InChI is InChI=1S/C20H28N2O5S/c1-2-27-20(26)22(11-6-9-16-7-4-3-5-8-16)17-15-28-14-13-21(19(17)25)12-10-18(23)24/h3-5,7-8,17H,2,6,9-15H2,1H3,(H,23,24). The number of hydrogen-bond donors (Lipinski definition) is 1. The molecule has 1 fully saturated rings. The third kappa shape index (κ3) is 6.74. The number of carboxylic acids is 1. The number of carboxylic acid groups (broad SMARTS) is 1. The zero-order valence-corrected chi connectivity index (χ0v) is 17.0. The Morgan fingerprint density at radius 3 is 2.75 bits per heavy atom. The highest BCUT2D eigenvalue weighted by atomic mass is 32.2. The first-order valence-electron chi connectivity index (χ1n) is 9.58. The van der Waals surface area contributed by atoms with Crippen LogP contribution >= 0.6 is 11.8 Å². The van der Waals surface area contributed by atoms with Crippen molar-refractivity contribution < 1.29 is 24.2 Å². The highest BCUT2D eigenvalue weighted by Crippen LogP contribution is 2.19. The van der Waals surface area contributed by atoms with Crippen molar-refractivity contribution in [3.8, 4) is 0 Å². The van der Waals surface area contributed by atoms with E-state index in [-0.39, 0.29) is 25.5 Å². The predicted molar refractivity (Wildman–Crippen MR) is 108 cm³/mol. The van der Waals surface area contributed by atoms with E-state index in [1.54, 1.807) is 23.6 Å². The van der Waals surface area contributed by atoms with Crippen LogP contribution in [0.3, 0.4) is 0 Å². The van der Waals surface area contributed by atoms with E-state index in [4.69, 9.17) is 9.84 Å². The van der Waals surface area contributed by atoms with E-state index in [1.165, 1.54) is 10.5 Å². The fourth-order valence-electron chi connectivity index (χ4n) is 3.12. The molecule has 1 unspecified atom stereocenters. The fourth-order valence-corrected chi connectivity index (χ4v) is 4.18. The van der Waals surface area contributed by atoms with Gasteiger partial charge < -0.3 is 14.7 Å². The molecule has 1 atom stereocenters. The number of amides is 2. The summed E-state index contributed by atoms with van der Waals surface area (Å²) >= 11 is 1.60. The van der Waals surface area contributed by atoms with Gasteiger partial charge in [0.15, 0.2) is 0 Å². The average molecular weight is 409 g/mol. The van der Waals surface area contributed by atoms with Crippen LogP contribution < -0.4 is 0 Å². The molecule has 1 aliphatic rings. The van der Waals surface area contributed by atoms with E-state index in [1.807, 2.05) is 30.3 Å². The summed E-state index contributed by atoms with van der Waals surface area (Å²) in [5, 5.41) is 8.93. The van der Waals surface area contributed by atoms with Crippen molar-refractivity contribution in [3.63, 3.8) is 0 Å². The minimum absolute atomic E-state index is 0.101. The maximum absolute atomic E-state index is 13.0. The van der Waals surface area contributed by atoms with Gasteiger partial charge in [0.2, 0.25) is 5.91 Å². The largest absolute Gasteiger partial charge is 0.481 e. The molecule has 1 saturated heterocycles. The molecule has 8 heteroatoms. The van der Waals surface area contributed by atoms with Crippen LogP contribution in [-0.4, -0.2) is 76.7 Å². The third-order valence-corrected chi connectivity index (χ3v) is 5.58. The van der Waals surface area contributed by atoms with Crippen molar-refractivity contribution in [3.05, 3.63) is 35.9 Å². The summed E-state index contributed by atoms with van der Waals surface area (Å²) in [6, 6.07) is 9.36. The second kappa shape index (κ2) is 11.6. The first kappa shape index (κ1) is 22.1. The molecular weight excluding hydrogens is 380 g/mol. The zero-order chi connectivity index (χ0) is 20.4. The van der Waals surface area contributed by atoms with Gasteiger partial charge in [-0.25, -0.2) is 4.79 Å². The van der Waals surface area contributed by atoms with Gasteiger partial charge >= 0.3 is 12.1 Å². The van der Waals surface area contributed by atoms with Crippen molar-refractivity contribution in [2.45, 2.75) is 32.2 Å². The topological polar surface area (TPSA) is 87.2 Å². The lowest BCUT2D eigenvalue weighted by Crippen LogP contribution is -2.52. The molecule has 154 valence electrons. The van der Waals surface area contributed by atoms with Gasteiger partial charge in [-0.1, -0.05) is 30.3 Å². The molecule has 28 heavy (non-hydrogen) atoms. The van der Waals surface area contributed by atoms with Gasteiger partial charge in [-0.2, -0.15) is 11.8 Å². The van der Waals surface area contributed by atoms with Gasteiger partial charge in [-0.3, -0.25) is 14.5 Å². The first-order valence-corrected chi connectivity index (χ1v) is 10.7. The second-order valence-corrected chi connectivity index (χ2v) is 7.69. The van der Waals surface area contributed by atoms with Gasteiger partial charge in [-0.15, -0.1) is 0 Å². The minimum Gasteiger partial charge on any atom is -0.481 e. The number of rotatable bonds is 9. The molecule has 1 heterocycles. The monoisotopic (exact) mass is 408 g/mol. The maximum atomic E-state index is 13.0. The van der Waals surface area contributed by atoms with Crippen LogP contribution in [0.4, 0.5) is 4.79 Å². The Morgan fingerprint density at radius 2 is 2.07 bits per heavy atom. The summed E-state index contributed by atoms with van der Waals surface area (Å²) in [7, 11) is 0. The number of benzene rings is 1. The second-order valence-electron chi connectivity index (χ2n) is 6.54. The fraction of sp³-hybridized carbons (Fsp3) is 0.550. The van der Waals surface area contributed by atoms with Gasteiger partial charge in [-0.05, 0) is 25.3 Å². The van der Waals surface area contributed by atoms with Crippen molar-refractivity contribution in [1.82, 2.24) is 9.80 Å². The SMILES string of the molecule is CCOC(=O)N(CCCc1ccccc1)C1CSCCN(CCC(=O)O)C1=O. The van der Waals surface area contributed by atoms with Crippen molar-refractivity contribution in [2.24, 2.45) is 0 Å². The number of thioether (sulfide) groups is 1. The van der Waals surface area contributed by atoms with E-state index in [9.17, 15) is 14.4 Å². The maximum Gasteiger partial charge on any atom is 0.410 e. The minimum atomic E-state index is -0.939. The lowest BCUT2D eigenvalue weighted by atomic mass is 10.1. The molecule has 0 saturated carbocycles. The summed E-state index contributed by atoms with van der Waals surface area (Å²) < 4.78 is 5.20. The highest BCUT2D eigenvalue weighted by molar-refractivity contribution is 7.99. The summed E-state index contributed by atoms with van der Waals surface area (Å²) in [4.78, 5) is 39.5. The Kier molecular flexibility index (Phi) is 9.13. The van der Waals surface area contributed by atoms with Crippen LogP contribution in [0.25, 0.3) is 0 Å². The Labute approximate surface area is 170 Å². The van der Waals surface area contributed by atoms with Crippen LogP contribution in [0.2, 0.25) is 0 Å². The molecule has 2 amide bonds. The van der Waals surface area contributed by atoms with E-state index in [0.29, 0.717) is 25.3 Å². The molecule has 1 N–H and O–H groups in total. The molecule has 0 bridgehead atoms. The highest BCUT2D eigenvalue weighted by Gasteiger charge is 2.35. The normalized spacial score (nSPS) is 17.1. The Bertz CT molecular complexity index is 655. The van der Waals surface area contributed by atoms with E-state index in [2.05, 4.69) is 0 Å². The van der Waals surface area contributed by atoms with Crippen LogP contribution in [0.1, 0.15) is 25.3 Å². The van der Waals surface area contributed by atoms with Crippen LogP contribution in [0.15, 0.2) is 30.3 Å². The van der Waals surface area contributed by atoms with Crippen molar-refractivity contribution in [2.75, 3.05) is 37.7 Å². The number of ether oxygens (including phenoxy) is 1. The summed E-state index contributed by atoms with van der Waals surface area (Å²) in [5.74, 6) is 0.0834. The summed E-state index contributed by atoms with van der Waals surface area (Å²) in [5.41, 5.74) is 1.18. The summed E-state index contributed by atoms with van der Waals surface area (Å²) in [6.45, 7) is 3.05. The molecule has 2 rings (SSSR count). The quantitative estimate of drug-likeness (QED) is 0.676. The van der Waals surface area contributed by atoms with E-state index >= 15 is 0 Å². The Hall–Kier alpha value is -2.22. The van der Waals surface area contributed by atoms with Gasteiger partial charge in [0.1, 0.15) is 6.04 Å². The van der Waals surface area contributed by atoms with E-state index in [0.717, 1.165) is 12.2 Å². The molecule has 1 aromatic rings.